The van der Waals surface area contributed by atoms with Crippen molar-refractivity contribution < 1.29 is 39.1 Å². The molecule has 15 heteroatoms. The Bertz CT molecular complexity index is 2620. The number of hydrogen-bond acceptors (Lipinski definition) is 12. The van der Waals surface area contributed by atoms with Crippen molar-refractivity contribution in [3.63, 3.8) is 0 Å². The van der Waals surface area contributed by atoms with E-state index in [-0.39, 0.29) is 52.6 Å². The summed E-state index contributed by atoms with van der Waals surface area (Å²) in [5.41, 5.74) is 10.1. The smallest absolute Gasteiger partial charge is 0.320 e. The normalized spacial score (nSPS) is 11.7. The molecular formula is C49H49Cl2N5O8. The van der Waals surface area contributed by atoms with Crippen LogP contribution < -0.4 is 24.3 Å². The van der Waals surface area contributed by atoms with Gasteiger partial charge in [-0.05, 0) is 77.9 Å². The van der Waals surface area contributed by atoms with Crippen LogP contribution in [0.4, 0.5) is 0 Å². The van der Waals surface area contributed by atoms with Crippen molar-refractivity contribution in [3.8, 4) is 34.1 Å². The number of rotatable bonds is 22. The maximum atomic E-state index is 11.8. The van der Waals surface area contributed by atoms with E-state index in [2.05, 4.69) is 32.4 Å². The van der Waals surface area contributed by atoms with Gasteiger partial charge in [-0.2, -0.15) is 0 Å². The fourth-order valence-electron chi connectivity index (χ4n) is 6.95. The molecule has 0 bridgehead atoms. The zero-order chi connectivity index (χ0) is 45.6. The van der Waals surface area contributed by atoms with E-state index in [0.717, 1.165) is 50.1 Å². The first kappa shape index (κ1) is 47.1. The van der Waals surface area contributed by atoms with Gasteiger partial charge in [-0.15, -0.1) is 0 Å². The second kappa shape index (κ2) is 22.8. The number of ether oxygens (including phenoxy) is 4. The molecular weight excluding hydrogens is 857 g/mol. The first-order chi connectivity index (χ1) is 31.0. The number of carboxylic acid groups (broad SMARTS) is 1. The van der Waals surface area contributed by atoms with Crippen LogP contribution in [0.5, 0.6) is 23.0 Å². The zero-order valence-electron chi connectivity index (χ0n) is 35.6. The Morgan fingerprint density at radius 2 is 1.23 bits per heavy atom. The lowest BCUT2D eigenvalue weighted by Gasteiger charge is -2.19. The highest BCUT2D eigenvalue weighted by molar-refractivity contribution is 6.32. The highest BCUT2D eigenvalue weighted by Gasteiger charge is 2.20. The molecule has 2 aromatic heterocycles. The first-order valence-electron chi connectivity index (χ1n) is 20.3. The number of carboxylic acids is 1. The van der Waals surface area contributed by atoms with Crippen molar-refractivity contribution in [1.29, 1.82) is 5.41 Å². The average Bonchev–Trinajstić information content (AvgIpc) is 3.29. The number of aliphatic carboxylic acids is 1. The van der Waals surface area contributed by atoms with E-state index in [1.807, 2.05) is 44.2 Å². The monoisotopic (exact) mass is 905 g/mol. The molecule has 332 valence electrons. The Morgan fingerprint density at radius 3 is 1.75 bits per heavy atom. The number of aromatic nitrogens is 2. The summed E-state index contributed by atoms with van der Waals surface area (Å²) in [6.07, 6.45) is 9.59. The maximum absolute atomic E-state index is 11.8. The molecule has 0 aliphatic carbocycles. The van der Waals surface area contributed by atoms with E-state index >= 15 is 0 Å². The van der Waals surface area contributed by atoms with Gasteiger partial charge < -0.3 is 45.0 Å². The molecule has 5 N–H and O–H groups in total. The van der Waals surface area contributed by atoms with Gasteiger partial charge in [0, 0.05) is 103 Å². The number of nitrogens with zero attached hydrogens (tertiary/aromatic N) is 3. The van der Waals surface area contributed by atoms with E-state index < -0.39 is 12.0 Å². The molecule has 0 aliphatic rings. The summed E-state index contributed by atoms with van der Waals surface area (Å²) in [5.74, 6) is 0.557. The average molecular weight is 907 g/mol. The number of halogens is 2. The lowest BCUT2D eigenvalue weighted by Crippen LogP contribution is -2.37. The molecule has 0 saturated heterocycles. The Morgan fingerprint density at radius 1 is 0.719 bits per heavy atom. The van der Waals surface area contributed by atoms with Crippen molar-refractivity contribution in [2.45, 2.75) is 65.9 Å². The summed E-state index contributed by atoms with van der Waals surface area (Å²) < 4.78 is 25.0. The third-order valence-electron chi connectivity index (χ3n) is 10.5. The molecule has 0 amide bonds. The summed E-state index contributed by atoms with van der Waals surface area (Å²) in [6, 6.07) is 21.5. The number of carbonyl (C=O) groups is 1. The van der Waals surface area contributed by atoms with Crippen LogP contribution in [0, 0.1) is 19.3 Å². The van der Waals surface area contributed by atoms with Crippen LogP contribution in [-0.4, -0.2) is 63.4 Å². The highest BCUT2D eigenvalue weighted by Crippen LogP contribution is 2.37. The largest absolute Gasteiger partial charge is 0.488 e. The first-order valence-corrected chi connectivity index (χ1v) is 21.1. The standard InChI is InChI=1S/C49H49Cl2N5O8/c1-30-36(28-63-47-16-45(61-27-35-13-33(19-53-3)21-55-23-35)38(14-42(47)50)24-56-44(10-11-57)49(59)60)6-4-8-40(30)41-9-5-7-37(31(41)2)29-64-48-17-46(39(25-58)15-43(48)51)62-26-34-12-32(18-52)20-54-22-34/h4-9,12-23,44,52,56-58H,10-11,24-29H2,1-3H3,(H,59,60)/b52-18?,53-19+/t44-/m0/s1. The Balaban J connectivity index is 1.19. The minimum atomic E-state index is -1.08. The Hall–Kier alpha value is -6.35. The van der Waals surface area contributed by atoms with Crippen molar-refractivity contribution in [2.75, 3.05) is 13.7 Å². The topological polar surface area (TPSA) is 189 Å². The maximum Gasteiger partial charge on any atom is 0.320 e. The lowest BCUT2D eigenvalue weighted by molar-refractivity contribution is -0.140. The van der Waals surface area contributed by atoms with Crippen LogP contribution in [0.15, 0.2) is 103 Å². The van der Waals surface area contributed by atoms with Gasteiger partial charge >= 0.3 is 5.97 Å². The van der Waals surface area contributed by atoms with Gasteiger partial charge in [0.1, 0.15) is 55.5 Å². The molecule has 0 spiro atoms. The molecule has 4 aromatic carbocycles. The molecule has 0 saturated carbocycles. The fraction of sp³-hybridized carbons (Fsp3) is 0.245. The number of hydrogen-bond donors (Lipinski definition) is 5. The van der Waals surface area contributed by atoms with Gasteiger partial charge in [-0.25, -0.2) is 0 Å². The number of pyridine rings is 2. The van der Waals surface area contributed by atoms with E-state index in [4.69, 9.17) is 47.6 Å². The van der Waals surface area contributed by atoms with Crippen LogP contribution in [0.25, 0.3) is 11.1 Å². The third-order valence-corrected chi connectivity index (χ3v) is 11.1. The number of aliphatic imine (C=N–C) groups is 1. The van der Waals surface area contributed by atoms with Crippen LogP contribution >= 0.6 is 23.2 Å². The predicted molar refractivity (Wildman–Crippen MR) is 247 cm³/mol. The van der Waals surface area contributed by atoms with E-state index in [1.54, 1.807) is 68.4 Å². The van der Waals surface area contributed by atoms with Crippen LogP contribution in [0.1, 0.15) is 62.1 Å². The molecule has 64 heavy (non-hydrogen) atoms. The van der Waals surface area contributed by atoms with Crippen molar-refractivity contribution in [1.82, 2.24) is 15.3 Å². The van der Waals surface area contributed by atoms with Gasteiger partial charge in [0.15, 0.2) is 0 Å². The second-order valence-corrected chi connectivity index (χ2v) is 15.7. The minimum absolute atomic E-state index is 0.0314. The SMILES string of the molecule is C/N=C/c1cncc(COc2cc(OCc3cccc(-c4cccc(COc5cc(OCc6cncc(C=N)c6)c(CO)cc5Cl)c4C)c3C)c(Cl)cc2CN[C@@H](CCO)C(=O)O)c1. The second-order valence-electron chi connectivity index (χ2n) is 14.8. The van der Waals surface area contributed by atoms with Crippen molar-refractivity contribution in [3.05, 3.63) is 163 Å². The quantitative estimate of drug-likeness (QED) is 0.0410. The summed E-state index contributed by atoms with van der Waals surface area (Å²) in [5, 5.41) is 40.2. The van der Waals surface area contributed by atoms with Crippen LogP contribution in [0.3, 0.4) is 0 Å². The summed E-state index contributed by atoms with van der Waals surface area (Å²) in [4.78, 5) is 24.3. The number of aliphatic hydroxyl groups excluding tert-OH is 2. The summed E-state index contributed by atoms with van der Waals surface area (Å²) in [7, 11) is 1.68. The number of benzene rings is 4. The van der Waals surface area contributed by atoms with Gasteiger partial charge in [0.25, 0.3) is 0 Å². The summed E-state index contributed by atoms with van der Waals surface area (Å²) in [6.45, 7) is 4.37. The minimum Gasteiger partial charge on any atom is -0.488 e. The molecule has 0 unspecified atom stereocenters. The molecule has 1 atom stereocenters. The Labute approximate surface area is 381 Å². The molecule has 13 nitrogen and oxygen atoms in total. The van der Waals surface area contributed by atoms with Crippen LogP contribution in [-0.2, 0) is 44.4 Å². The van der Waals surface area contributed by atoms with Crippen molar-refractivity contribution >= 4 is 41.6 Å². The number of aliphatic hydroxyl groups is 2. The predicted octanol–water partition coefficient (Wildman–Crippen LogP) is 8.85. The van der Waals surface area contributed by atoms with Gasteiger partial charge in [0.2, 0.25) is 0 Å². The number of nitrogens with one attached hydrogen (secondary N) is 2. The molecule has 6 rings (SSSR count). The third kappa shape index (κ3) is 12.2. The molecule has 6 aromatic rings. The lowest BCUT2D eigenvalue weighted by atomic mass is 9.92. The fourth-order valence-corrected chi connectivity index (χ4v) is 7.43. The highest BCUT2D eigenvalue weighted by atomic mass is 35.5. The molecule has 0 fully saturated rings. The van der Waals surface area contributed by atoms with Gasteiger partial charge in [-0.3, -0.25) is 19.8 Å². The van der Waals surface area contributed by atoms with Crippen LogP contribution in [0.2, 0.25) is 10.0 Å². The molecule has 0 aliphatic heterocycles. The summed E-state index contributed by atoms with van der Waals surface area (Å²) >= 11 is 13.4. The van der Waals surface area contributed by atoms with Crippen molar-refractivity contribution in [2.24, 2.45) is 4.99 Å². The molecule has 0 radical (unpaired) electrons. The van der Waals surface area contributed by atoms with Gasteiger partial charge in [-0.1, -0.05) is 59.6 Å². The van der Waals surface area contributed by atoms with Gasteiger partial charge in [0.05, 0.1) is 16.7 Å². The Kier molecular flexibility index (Phi) is 16.8. The molecule has 2 heterocycles. The van der Waals surface area contributed by atoms with E-state index in [1.165, 1.54) is 6.21 Å². The van der Waals surface area contributed by atoms with E-state index in [0.29, 0.717) is 49.7 Å². The van der Waals surface area contributed by atoms with E-state index in [9.17, 15) is 20.1 Å². The zero-order valence-corrected chi connectivity index (χ0v) is 37.1.